The van der Waals surface area contributed by atoms with Crippen LogP contribution in [0.1, 0.15) is 0 Å². The molecule has 0 aliphatic carbocycles. The molecule has 0 spiro atoms. The van der Waals surface area contributed by atoms with Crippen molar-refractivity contribution in [1.29, 1.82) is 0 Å². The molecule has 4 heavy (non-hydrogen) atoms. The van der Waals surface area contributed by atoms with E-state index in [9.17, 15) is 0 Å². The van der Waals surface area contributed by atoms with E-state index >= 15 is 0 Å². The van der Waals surface area contributed by atoms with E-state index < -0.39 is 23.5 Å². The molecule has 0 radical (unpaired) electrons. The molecule has 0 aliphatic rings. The first-order valence-electron chi connectivity index (χ1n) is 0.583. The van der Waals surface area contributed by atoms with Crippen LogP contribution in [0.4, 0.5) is 0 Å². The Labute approximate surface area is 71.1 Å². The fourth-order valence-corrected chi connectivity index (χ4v) is 0. The molecule has 0 bridgehead atoms. The number of halogens is 1. The summed E-state index contributed by atoms with van der Waals surface area (Å²) in [6.07, 6.45) is 0. The van der Waals surface area contributed by atoms with E-state index in [4.69, 9.17) is 11.4 Å². The average Bonchev–Trinajstić information content (AvgIpc) is 0.918. The molecule has 20 valence electrons. The Balaban J connectivity index is 0. The molecule has 0 aliphatic heterocycles. The normalized spacial score (nSPS) is 2.50. The Morgan fingerprint density at radius 3 is 1.75 bits per heavy atom. The first-order chi connectivity index (χ1) is 1.41. The second-order valence-corrected chi connectivity index (χ2v) is 2.41. The summed E-state index contributed by atoms with van der Waals surface area (Å²) >= 11 is -1.54. The summed E-state index contributed by atoms with van der Waals surface area (Å²) in [5, 5.41) is 0. The Hall–Kier alpha value is 2.43. The van der Waals surface area contributed by atoms with Crippen LogP contribution in [0.5, 0.6) is 0 Å². The Bertz CT molecular complexity index is 8.00. The van der Waals surface area contributed by atoms with Crippen molar-refractivity contribution in [1.82, 2.24) is 0 Å². The molecule has 0 amide bonds. The molecular formula is H3CaCdClO. The zero-order valence-electron chi connectivity index (χ0n) is 1.53. The SMILES string of the molecule is [CaH2].[OH][Cd][Cl]. The fraction of sp³-hybridized carbons (Fsp3) is 0. The quantitative estimate of drug-likeness (QED) is 0.516. The zero-order valence-corrected chi connectivity index (χ0v) is 6.32. The van der Waals surface area contributed by atoms with E-state index in [0.29, 0.717) is 0 Å². The molecule has 0 saturated heterocycles. The van der Waals surface area contributed by atoms with Crippen LogP contribution in [0.15, 0.2) is 0 Å². The molecular weight excluding hydrogens is 204 g/mol. The predicted molar refractivity (Wildman–Crippen MR) is 16.6 cm³/mol. The third kappa shape index (κ3) is 8.83. The van der Waals surface area contributed by atoms with Gasteiger partial charge in [0.1, 0.15) is 0 Å². The summed E-state index contributed by atoms with van der Waals surface area (Å²) in [6, 6.07) is 0. The molecule has 0 atom stereocenters. The van der Waals surface area contributed by atoms with Gasteiger partial charge in [0.25, 0.3) is 0 Å². The van der Waals surface area contributed by atoms with Crippen molar-refractivity contribution in [2.45, 2.75) is 0 Å². The number of rotatable bonds is 0. The third-order valence-corrected chi connectivity index (χ3v) is 0. The number of hydrogen-bond donors (Lipinski definition) is 1. The maximum atomic E-state index is 7.54. The second-order valence-electron chi connectivity index (χ2n) is 0.120. The van der Waals surface area contributed by atoms with Gasteiger partial charge in [-0.3, -0.25) is 0 Å². The third-order valence-electron chi connectivity index (χ3n) is 0. The van der Waals surface area contributed by atoms with Crippen LogP contribution in [0, 0.1) is 0 Å². The van der Waals surface area contributed by atoms with E-state index in [1.165, 1.54) is 0 Å². The van der Waals surface area contributed by atoms with Gasteiger partial charge in [0.05, 0.1) is 0 Å². The summed E-state index contributed by atoms with van der Waals surface area (Å²) in [7, 11) is 4.76. The van der Waals surface area contributed by atoms with E-state index in [0.717, 1.165) is 0 Å². The monoisotopic (exact) mass is 208 g/mol. The van der Waals surface area contributed by atoms with Crippen LogP contribution in [0.3, 0.4) is 0 Å². The molecule has 0 heterocycles. The van der Waals surface area contributed by atoms with Gasteiger partial charge in [-0.15, -0.1) is 0 Å². The van der Waals surface area contributed by atoms with Crippen LogP contribution < -0.4 is 0 Å². The van der Waals surface area contributed by atoms with Crippen molar-refractivity contribution in [2.24, 2.45) is 0 Å². The van der Waals surface area contributed by atoms with E-state index in [1.807, 2.05) is 0 Å². The van der Waals surface area contributed by atoms with Crippen molar-refractivity contribution < 1.29 is 26.5 Å². The average molecular weight is 207 g/mol. The minimum absolute atomic E-state index is 0. The van der Waals surface area contributed by atoms with E-state index in [2.05, 4.69) is 0 Å². The van der Waals surface area contributed by atoms with Crippen molar-refractivity contribution >= 4 is 46.1 Å². The Morgan fingerprint density at radius 2 is 1.75 bits per heavy atom. The molecule has 0 fully saturated rings. The van der Waals surface area contributed by atoms with Gasteiger partial charge in [0.15, 0.2) is 0 Å². The summed E-state index contributed by atoms with van der Waals surface area (Å²) < 4.78 is 7.54. The van der Waals surface area contributed by atoms with E-state index in [-0.39, 0.29) is 37.7 Å². The summed E-state index contributed by atoms with van der Waals surface area (Å²) in [5.74, 6) is 0. The molecule has 0 rings (SSSR count). The standard InChI is InChI=1S/Ca.Cd.ClH.H2O.2H/h;;1H;1H2;;/q;+2;;;;/p-2. The molecule has 0 saturated carbocycles. The van der Waals surface area contributed by atoms with Crippen LogP contribution in [0.25, 0.3) is 0 Å². The van der Waals surface area contributed by atoms with Gasteiger partial charge in [0, 0.05) is 0 Å². The van der Waals surface area contributed by atoms with Crippen molar-refractivity contribution in [3.8, 4) is 0 Å². The molecule has 4 heteroatoms. The van der Waals surface area contributed by atoms with Gasteiger partial charge in [-0.05, 0) is 0 Å². The van der Waals surface area contributed by atoms with Crippen molar-refractivity contribution in [2.75, 3.05) is 0 Å². The maximum absolute atomic E-state index is 7.54. The van der Waals surface area contributed by atoms with Crippen LogP contribution in [-0.2, 0) is 23.5 Å². The summed E-state index contributed by atoms with van der Waals surface area (Å²) in [4.78, 5) is 0. The first kappa shape index (κ1) is 9.66. The van der Waals surface area contributed by atoms with Crippen molar-refractivity contribution in [3.63, 3.8) is 0 Å². The summed E-state index contributed by atoms with van der Waals surface area (Å²) in [6.45, 7) is 0. The first-order valence-corrected chi connectivity index (χ1v) is 7.50. The zero-order chi connectivity index (χ0) is 2.71. The molecule has 1 N–H and O–H groups in total. The minimum atomic E-state index is -1.54. The molecule has 0 aromatic rings. The molecule has 1 nitrogen and oxygen atoms in total. The van der Waals surface area contributed by atoms with Gasteiger partial charge in [-0.1, -0.05) is 0 Å². The van der Waals surface area contributed by atoms with Gasteiger partial charge in [0.2, 0.25) is 0 Å². The van der Waals surface area contributed by atoms with Gasteiger partial charge in [-0.2, -0.15) is 0 Å². The van der Waals surface area contributed by atoms with Crippen LogP contribution in [0.2, 0.25) is 0 Å². The molecule has 0 aromatic carbocycles. The topological polar surface area (TPSA) is 20.2 Å². The summed E-state index contributed by atoms with van der Waals surface area (Å²) in [5.41, 5.74) is 0. The van der Waals surface area contributed by atoms with Crippen LogP contribution in [-0.4, -0.2) is 40.8 Å². The van der Waals surface area contributed by atoms with E-state index in [1.54, 1.807) is 0 Å². The van der Waals surface area contributed by atoms with Gasteiger partial charge >= 0.3 is 72.6 Å². The molecule has 0 aromatic heterocycles. The predicted octanol–water partition coefficient (Wildman–Crippen LogP) is -0.786. The van der Waals surface area contributed by atoms with Gasteiger partial charge in [-0.25, -0.2) is 0 Å². The number of hydrogen-bond acceptors (Lipinski definition) is 1. The van der Waals surface area contributed by atoms with Gasteiger partial charge < -0.3 is 0 Å². The van der Waals surface area contributed by atoms with Crippen molar-refractivity contribution in [3.05, 3.63) is 0 Å². The second kappa shape index (κ2) is 9.06. The fourth-order valence-electron chi connectivity index (χ4n) is 0. The Kier molecular flexibility index (Phi) is 21.9. The Morgan fingerprint density at radius 1 is 1.75 bits per heavy atom. The van der Waals surface area contributed by atoms with Crippen LogP contribution >= 0.6 is 8.32 Å². The molecule has 0 unspecified atom stereocenters.